The van der Waals surface area contributed by atoms with E-state index in [0.717, 1.165) is 11.3 Å². The molecular formula is C21H20N4O2. The number of rotatable bonds is 5. The molecule has 0 unspecified atom stereocenters. The Morgan fingerprint density at radius 1 is 0.889 bits per heavy atom. The van der Waals surface area contributed by atoms with Crippen molar-refractivity contribution in [2.75, 3.05) is 10.6 Å². The minimum Gasteiger partial charge on any atom is -0.339 e. The van der Waals surface area contributed by atoms with E-state index >= 15 is 0 Å². The van der Waals surface area contributed by atoms with E-state index in [0.29, 0.717) is 17.1 Å². The number of aromatic nitrogens is 2. The lowest BCUT2D eigenvalue weighted by molar-refractivity contribution is 0.101. The summed E-state index contributed by atoms with van der Waals surface area (Å²) in [6.07, 6.45) is 0. The minimum absolute atomic E-state index is 0.0225. The van der Waals surface area contributed by atoms with Crippen LogP contribution in [-0.2, 0) is 0 Å². The van der Waals surface area contributed by atoms with Crippen molar-refractivity contribution in [3.8, 4) is 0 Å². The molecule has 27 heavy (non-hydrogen) atoms. The van der Waals surface area contributed by atoms with Gasteiger partial charge in [-0.05, 0) is 74.4 Å². The summed E-state index contributed by atoms with van der Waals surface area (Å²) in [5.41, 5.74) is 4.65. The highest BCUT2D eigenvalue weighted by atomic mass is 16.2. The Hall–Kier alpha value is -3.54. The molecule has 0 atom stereocenters. The lowest BCUT2D eigenvalue weighted by atomic mass is 10.1. The molecule has 6 heteroatoms. The Balaban J connectivity index is 1.68. The van der Waals surface area contributed by atoms with Crippen molar-refractivity contribution in [3.05, 3.63) is 77.0 Å². The summed E-state index contributed by atoms with van der Waals surface area (Å²) < 4.78 is 0. The SMILES string of the molecule is CC(=O)c1ccc(NC(=O)c2ccc(Nc3cccc(C)c3C)nn2)cc1. The summed E-state index contributed by atoms with van der Waals surface area (Å²) in [5.74, 6) is 0.174. The zero-order valence-corrected chi connectivity index (χ0v) is 15.4. The highest BCUT2D eigenvalue weighted by Crippen LogP contribution is 2.21. The average molecular weight is 360 g/mol. The molecule has 136 valence electrons. The van der Waals surface area contributed by atoms with Gasteiger partial charge in [0.1, 0.15) is 0 Å². The third-order valence-corrected chi connectivity index (χ3v) is 4.31. The third-order valence-electron chi connectivity index (χ3n) is 4.31. The van der Waals surface area contributed by atoms with E-state index in [1.54, 1.807) is 36.4 Å². The van der Waals surface area contributed by atoms with Crippen LogP contribution < -0.4 is 10.6 Å². The van der Waals surface area contributed by atoms with Gasteiger partial charge in [0.2, 0.25) is 0 Å². The second-order valence-electron chi connectivity index (χ2n) is 6.26. The van der Waals surface area contributed by atoms with Gasteiger partial charge >= 0.3 is 0 Å². The van der Waals surface area contributed by atoms with Crippen LogP contribution in [-0.4, -0.2) is 21.9 Å². The van der Waals surface area contributed by atoms with Gasteiger partial charge in [0.05, 0.1) is 0 Å². The first kappa shape index (κ1) is 18.3. The fourth-order valence-corrected chi connectivity index (χ4v) is 2.53. The van der Waals surface area contributed by atoms with Crippen molar-refractivity contribution in [1.29, 1.82) is 0 Å². The van der Waals surface area contributed by atoms with Gasteiger partial charge in [-0.25, -0.2) is 0 Å². The molecule has 1 heterocycles. The number of aryl methyl sites for hydroxylation is 1. The molecule has 0 fully saturated rings. The molecule has 1 amide bonds. The Kier molecular flexibility index (Phi) is 5.26. The van der Waals surface area contributed by atoms with Gasteiger partial charge < -0.3 is 10.6 Å². The molecule has 0 aliphatic heterocycles. The second-order valence-corrected chi connectivity index (χ2v) is 6.26. The van der Waals surface area contributed by atoms with E-state index in [-0.39, 0.29) is 17.4 Å². The number of nitrogens with one attached hydrogen (secondary N) is 2. The monoisotopic (exact) mass is 360 g/mol. The van der Waals surface area contributed by atoms with Crippen LogP contribution in [0.4, 0.5) is 17.2 Å². The zero-order valence-electron chi connectivity index (χ0n) is 15.4. The smallest absolute Gasteiger partial charge is 0.276 e. The van der Waals surface area contributed by atoms with E-state index in [1.807, 2.05) is 32.0 Å². The van der Waals surface area contributed by atoms with Gasteiger partial charge in [-0.15, -0.1) is 10.2 Å². The van der Waals surface area contributed by atoms with Crippen molar-refractivity contribution >= 4 is 28.9 Å². The molecule has 0 aliphatic carbocycles. The Labute approximate surface area is 157 Å². The predicted octanol–water partition coefficient (Wildman–Crippen LogP) is 4.29. The van der Waals surface area contributed by atoms with E-state index in [1.165, 1.54) is 12.5 Å². The maximum absolute atomic E-state index is 12.3. The maximum Gasteiger partial charge on any atom is 0.276 e. The van der Waals surface area contributed by atoms with Gasteiger partial charge in [-0.1, -0.05) is 12.1 Å². The number of anilines is 3. The number of amides is 1. The first-order valence-corrected chi connectivity index (χ1v) is 8.53. The number of hydrogen-bond donors (Lipinski definition) is 2. The molecule has 2 N–H and O–H groups in total. The van der Waals surface area contributed by atoms with Crippen molar-refractivity contribution in [3.63, 3.8) is 0 Å². The number of benzene rings is 2. The van der Waals surface area contributed by atoms with Crippen LogP contribution in [0.15, 0.2) is 54.6 Å². The standard InChI is InChI=1S/C21H20N4O2/c1-13-5-4-6-18(14(13)2)23-20-12-11-19(24-25-20)21(27)22-17-9-7-16(8-10-17)15(3)26/h4-12H,1-3H3,(H,22,27)(H,23,25). The highest BCUT2D eigenvalue weighted by molar-refractivity contribution is 6.03. The van der Waals surface area contributed by atoms with Gasteiger partial charge in [0.25, 0.3) is 5.91 Å². The Bertz CT molecular complexity index is 980. The van der Waals surface area contributed by atoms with Gasteiger partial charge in [0, 0.05) is 16.9 Å². The molecule has 0 radical (unpaired) electrons. The van der Waals surface area contributed by atoms with Gasteiger partial charge in [-0.3, -0.25) is 9.59 Å². The number of carbonyl (C=O) groups excluding carboxylic acids is 2. The highest BCUT2D eigenvalue weighted by Gasteiger charge is 2.10. The minimum atomic E-state index is -0.364. The topological polar surface area (TPSA) is 84.0 Å². The molecular weight excluding hydrogens is 340 g/mol. The zero-order chi connectivity index (χ0) is 19.4. The van der Waals surface area contributed by atoms with E-state index in [9.17, 15) is 9.59 Å². The van der Waals surface area contributed by atoms with E-state index in [4.69, 9.17) is 0 Å². The summed E-state index contributed by atoms with van der Waals surface area (Å²) in [6, 6.07) is 16.0. The molecule has 0 spiro atoms. The van der Waals surface area contributed by atoms with Crippen molar-refractivity contribution in [1.82, 2.24) is 10.2 Å². The summed E-state index contributed by atoms with van der Waals surface area (Å²) in [5, 5.41) is 14.0. The fourth-order valence-electron chi connectivity index (χ4n) is 2.53. The molecule has 6 nitrogen and oxygen atoms in total. The molecule has 0 bridgehead atoms. The number of nitrogens with zero attached hydrogens (tertiary/aromatic N) is 2. The lowest BCUT2D eigenvalue weighted by Gasteiger charge is -2.10. The Morgan fingerprint density at radius 2 is 1.63 bits per heavy atom. The van der Waals surface area contributed by atoms with E-state index in [2.05, 4.69) is 20.8 Å². The second kappa shape index (κ2) is 7.78. The lowest BCUT2D eigenvalue weighted by Crippen LogP contribution is -2.14. The van der Waals surface area contributed by atoms with Crippen LogP contribution >= 0.6 is 0 Å². The van der Waals surface area contributed by atoms with Crippen LogP contribution in [0.3, 0.4) is 0 Å². The first-order chi connectivity index (χ1) is 12.9. The molecule has 1 aromatic heterocycles. The van der Waals surface area contributed by atoms with Crippen LogP contribution in [0, 0.1) is 13.8 Å². The molecule has 0 saturated heterocycles. The van der Waals surface area contributed by atoms with Crippen LogP contribution in [0.5, 0.6) is 0 Å². The molecule has 3 rings (SSSR count). The summed E-state index contributed by atoms with van der Waals surface area (Å²) in [6.45, 7) is 5.57. The molecule has 2 aromatic carbocycles. The molecule has 0 saturated carbocycles. The fraction of sp³-hybridized carbons (Fsp3) is 0.143. The quantitative estimate of drug-likeness (QED) is 0.663. The Morgan fingerprint density at radius 3 is 2.26 bits per heavy atom. The first-order valence-electron chi connectivity index (χ1n) is 8.53. The van der Waals surface area contributed by atoms with Crippen molar-refractivity contribution in [2.24, 2.45) is 0 Å². The predicted molar refractivity (Wildman–Crippen MR) is 106 cm³/mol. The van der Waals surface area contributed by atoms with Crippen molar-refractivity contribution < 1.29 is 9.59 Å². The van der Waals surface area contributed by atoms with Crippen LogP contribution in [0.2, 0.25) is 0 Å². The normalized spacial score (nSPS) is 10.3. The van der Waals surface area contributed by atoms with Crippen molar-refractivity contribution in [2.45, 2.75) is 20.8 Å². The number of ketones is 1. The summed E-state index contributed by atoms with van der Waals surface area (Å²) in [4.78, 5) is 23.6. The number of carbonyl (C=O) groups is 2. The average Bonchev–Trinajstić information content (AvgIpc) is 2.66. The number of hydrogen-bond acceptors (Lipinski definition) is 5. The van der Waals surface area contributed by atoms with E-state index < -0.39 is 0 Å². The largest absolute Gasteiger partial charge is 0.339 e. The molecule has 0 aliphatic rings. The van der Waals surface area contributed by atoms with Crippen LogP contribution in [0.25, 0.3) is 0 Å². The third kappa shape index (κ3) is 4.36. The van der Waals surface area contributed by atoms with Gasteiger partial charge in [-0.2, -0.15) is 0 Å². The maximum atomic E-state index is 12.3. The number of Topliss-reactive ketones (excluding diaryl/α,β-unsaturated/α-hetero) is 1. The summed E-state index contributed by atoms with van der Waals surface area (Å²) in [7, 11) is 0. The summed E-state index contributed by atoms with van der Waals surface area (Å²) >= 11 is 0. The van der Waals surface area contributed by atoms with Crippen LogP contribution in [0.1, 0.15) is 38.9 Å². The van der Waals surface area contributed by atoms with Gasteiger partial charge in [0.15, 0.2) is 17.3 Å². The molecule has 3 aromatic rings.